The highest BCUT2D eigenvalue weighted by Crippen LogP contribution is 2.21. The maximum Gasteiger partial charge on any atom is 0.279 e. The van der Waals surface area contributed by atoms with E-state index in [0.29, 0.717) is 5.75 Å². The molecular weight excluding hydrogens is 392 g/mol. The molecule has 2 N–H and O–H groups in total. The maximum absolute atomic E-state index is 12.2. The van der Waals surface area contributed by atoms with E-state index >= 15 is 0 Å². The molecule has 3 rings (SSSR count). The molecule has 0 unspecified atom stereocenters. The van der Waals surface area contributed by atoms with Gasteiger partial charge in [-0.3, -0.25) is 34.9 Å². The van der Waals surface area contributed by atoms with Gasteiger partial charge in [0.1, 0.15) is 12.3 Å². The predicted octanol–water partition coefficient (Wildman–Crippen LogP) is 0.489. The summed E-state index contributed by atoms with van der Waals surface area (Å²) in [6, 6.07) is 13.3. The van der Waals surface area contributed by atoms with Crippen LogP contribution in [0.1, 0.15) is 26.3 Å². The maximum atomic E-state index is 12.2. The number of methoxy groups -OCH3 is 1. The second-order valence-corrected chi connectivity index (χ2v) is 6.12. The summed E-state index contributed by atoms with van der Waals surface area (Å²) >= 11 is 0. The van der Waals surface area contributed by atoms with Gasteiger partial charge in [-0.1, -0.05) is 17.3 Å². The molecule has 0 aromatic heterocycles. The van der Waals surface area contributed by atoms with Crippen molar-refractivity contribution in [1.29, 1.82) is 0 Å². The number of amides is 4. The molecule has 1 aliphatic heterocycles. The van der Waals surface area contributed by atoms with Gasteiger partial charge in [0.25, 0.3) is 23.6 Å². The lowest BCUT2D eigenvalue weighted by molar-refractivity contribution is -0.131. The summed E-state index contributed by atoms with van der Waals surface area (Å²) < 4.78 is 5.04. The highest BCUT2D eigenvalue weighted by atomic mass is 16.6. The number of fused-ring (bicyclic) bond motifs is 1. The molecule has 0 fully saturated rings. The first kappa shape index (κ1) is 20.5. The van der Waals surface area contributed by atoms with Crippen LogP contribution in [0, 0.1) is 0 Å². The third-order valence-electron chi connectivity index (χ3n) is 4.11. The lowest BCUT2D eigenvalue weighted by Gasteiger charge is -2.13. The van der Waals surface area contributed by atoms with Gasteiger partial charge in [0.15, 0.2) is 6.61 Å². The third kappa shape index (κ3) is 4.79. The van der Waals surface area contributed by atoms with Gasteiger partial charge in [0.2, 0.25) is 0 Å². The second-order valence-electron chi connectivity index (χ2n) is 6.12. The number of oxime groups is 1. The average Bonchev–Trinajstić information content (AvgIpc) is 3.01. The lowest BCUT2D eigenvalue weighted by atomic mass is 10.1. The minimum Gasteiger partial charge on any atom is -0.497 e. The molecule has 10 nitrogen and oxygen atoms in total. The summed E-state index contributed by atoms with van der Waals surface area (Å²) in [6.07, 6.45) is 1.41. The van der Waals surface area contributed by atoms with E-state index in [2.05, 4.69) is 16.0 Å². The number of rotatable bonds is 7. The number of hydrazine groups is 1. The Bertz CT molecular complexity index is 968. The molecule has 0 atom stereocenters. The largest absolute Gasteiger partial charge is 0.497 e. The highest BCUT2D eigenvalue weighted by Gasteiger charge is 2.36. The number of imide groups is 1. The van der Waals surface area contributed by atoms with E-state index in [0.717, 1.165) is 10.5 Å². The van der Waals surface area contributed by atoms with Crippen LogP contribution in [-0.4, -0.2) is 55.0 Å². The minimum absolute atomic E-state index is 0.238. The highest BCUT2D eigenvalue weighted by molar-refractivity contribution is 6.22. The molecule has 10 heteroatoms. The van der Waals surface area contributed by atoms with E-state index in [-0.39, 0.29) is 11.1 Å². The Balaban J connectivity index is 1.39. The van der Waals surface area contributed by atoms with E-state index in [4.69, 9.17) is 9.57 Å². The number of carbonyl (C=O) groups excluding carboxylic acids is 4. The first-order valence-corrected chi connectivity index (χ1v) is 8.82. The monoisotopic (exact) mass is 410 g/mol. The first-order chi connectivity index (χ1) is 14.5. The van der Waals surface area contributed by atoms with Crippen molar-refractivity contribution >= 4 is 29.8 Å². The van der Waals surface area contributed by atoms with E-state index in [1.807, 2.05) is 0 Å². The summed E-state index contributed by atoms with van der Waals surface area (Å²) in [4.78, 5) is 53.7. The van der Waals surface area contributed by atoms with E-state index in [9.17, 15) is 19.2 Å². The van der Waals surface area contributed by atoms with Crippen molar-refractivity contribution in [2.24, 2.45) is 5.16 Å². The van der Waals surface area contributed by atoms with Crippen LogP contribution >= 0.6 is 0 Å². The van der Waals surface area contributed by atoms with Crippen molar-refractivity contribution in [3.63, 3.8) is 0 Å². The predicted molar refractivity (Wildman–Crippen MR) is 105 cm³/mol. The average molecular weight is 410 g/mol. The molecule has 4 amide bonds. The van der Waals surface area contributed by atoms with Crippen LogP contribution in [0.3, 0.4) is 0 Å². The van der Waals surface area contributed by atoms with Gasteiger partial charge in [-0.2, -0.15) is 0 Å². The topological polar surface area (TPSA) is 126 Å². The molecule has 0 spiro atoms. The zero-order chi connectivity index (χ0) is 21.5. The standard InChI is InChI=1S/C20H18N4O6/c1-29-14-8-6-13(7-9-14)10-21-30-12-18(26)23-22-17(25)11-24-19(27)15-4-2-3-5-16(15)20(24)28/h2-10H,11-12H2,1H3,(H,22,25)(H,23,26)/b21-10-. The third-order valence-corrected chi connectivity index (χ3v) is 4.11. The molecule has 30 heavy (non-hydrogen) atoms. The molecule has 0 aliphatic carbocycles. The number of nitrogens with one attached hydrogen (secondary N) is 2. The van der Waals surface area contributed by atoms with Crippen molar-refractivity contribution in [1.82, 2.24) is 15.8 Å². The van der Waals surface area contributed by atoms with Crippen LogP contribution in [0.5, 0.6) is 5.75 Å². The number of nitrogens with zero attached hydrogens (tertiary/aromatic N) is 2. The number of hydrogen-bond donors (Lipinski definition) is 2. The van der Waals surface area contributed by atoms with Gasteiger partial charge in [0.05, 0.1) is 24.5 Å². The second kappa shape index (κ2) is 9.32. The number of carbonyl (C=O) groups is 4. The van der Waals surface area contributed by atoms with Gasteiger partial charge in [-0.15, -0.1) is 0 Å². The Morgan fingerprint density at radius 2 is 1.57 bits per heavy atom. The molecule has 1 aliphatic rings. The van der Waals surface area contributed by atoms with Crippen molar-refractivity contribution < 1.29 is 28.8 Å². The summed E-state index contributed by atoms with van der Waals surface area (Å²) in [5.41, 5.74) is 5.45. The SMILES string of the molecule is COc1ccc(/C=N\OCC(=O)NNC(=O)CN2C(=O)c3ccccc3C2=O)cc1. The molecule has 2 aromatic rings. The first-order valence-electron chi connectivity index (χ1n) is 8.82. The zero-order valence-electron chi connectivity index (χ0n) is 16.0. The van der Waals surface area contributed by atoms with Crippen LogP contribution in [0.15, 0.2) is 53.7 Å². The fourth-order valence-electron chi connectivity index (χ4n) is 2.63. The molecule has 0 saturated heterocycles. The molecule has 2 aromatic carbocycles. The quantitative estimate of drug-likeness (QED) is 0.389. The molecule has 0 radical (unpaired) electrons. The van der Waals surface area contributed by atoms with Gasteiger partial charge >= 0.3 is 0 Å². The Hall–Kier alpha value is -4.21. The van der Waals surface area contributed by atoms with Gasteiger partial charge in [-0.05, 0) is 42.0 Å². The molecule has 0 saturated carbocycles. The van der Waals surface area contributed by atoms with Crippen LogP contribution in [0.4, 0.5) is 0 Å². The minimum atomic E-state index is -0.736. The van der Waals surface area contributed by atoms with Gasteiger partial charge < -0.3 is 9.57 Å². The number of ether oxygens (including phenoxy) is 1. The smallest absolute Gasteiger partial charge is 0.279 e. The summed E-state index contributed by atoms with van der Waals surface area (Å²) in [7, 11) is 1.56. The van der Waals surface area contributed by atoms with Crippen molar-refractivity contribution in [2.75, 3.05) is 20.3 Å². The number of hydrogen-bond acceptors (Lipinski definition) is 7. The normalized spacial score (nSPS) is 12.6. The van der Waals surface area contributed by atoms with Crippen LogP contribution in [0.2, 0.25) is 0 Å². The van der Waals surface area contributed by atoms with Crippen molar-refractivity contribution in [2.45, 2.75) is 0 Å². The zero-order valence-corrected chi connectivity index (χ0v) is 16.0. The Morgan fingerprint density at radius 1 is 0.967 bits per heavy atom. The lowest BCUT2D eigenvalue weighted by Crippen LogP contribution is -2.48. The Kier molecular flexibility index (Phi) is 6.38. The van der Waals surface area contributed by atoms with Crippen LogP contribution in [-0.2, 0) is 14.4 Å². The fraction of sp³-hybridized carbons (Fsp3) is 0.150. The molecular formula is C20H18N4O6. The van der Waals surface area contributed by atoms with Gasteiger partial charge in [-0.25, -0.2) is 0 Å². The molecule has 154 valence electrons. The fourth-order valence-corrected chi connectivity index (χ4v) is 2.63. The van der Waals surface area contributed by atoms with Crippen molar-refractivity contribution in [3.8, 4) is 5.75 Å². The van der Waals surface area contributed by atoms with Crippen LogP contribution in [0.25, 0.3) is 0 Å². The van der Waals surface area contributed by atoms with E-state index in [1.165, 1.54) is 18.3 Å². The Labute approximate surface area is 171 Å². The van der Waals surface area contributed by atoms with Crippen molar-refractivity contribution in [3.05, 3.63) is 65.2 Å². The summed E-state index contributed by atoms with van der Waals surface area (Å²) in [5, 5.41) is 3.65. The summed E-state index contributed by atoms with van der Waals surface area (Å²) in [5.74, 6) is -1.83. The Morgan fingerprint density at radius 3 is 2.17 bits per heavy atom. The summed E-state index contributed by atoms with van der Waals surface area (Å²) in [6.45, 7) is -0.969. The molecule has 1 heterocycles. The van der Waals surface area contributed by atoms with Gasteiger partial charge in [0, 0.05) is 0 Å². The van der Waals surface area contributed by atoms with Crippen LogP contribution < -0.4 is 15.6 Å². The molecule has 0 bridgehead atoms. The van der Waals surface area contributed by atoms with E-state index < -0.39 is 36.8 Å². The van der Waals surface area contributed by atoms with E-state index in [1.54, 1.807) is 43.5 Å². The number of benzene rings is 2.